The molecular weight excluding hydrogens is 286 g/mol. The van der Waals surface area contributed by atoms with Gasteiger partial charge in [0, 0.05) is 26.7 Å². The Kier molecular flexibility index (Phi) is 7.10. The number of hydrogen-bond donors (Lipinski definition) is 1. The van der Waals surface area contributed by atoms with Gasteiger partial charge in [0.1, 0.15) is 0 Å². The average Bonchev–Trinajstić information content (AvgIpc) is 2.64. The molecule has 0 aliphatic carbocycles. The standard InChI is InChI=1S/C15H33N3O2S/c1-15(2,3)14-8-6-12-18(13-9-14)21(19,20)17(5)11-7-10-16-4/h14,16H,6-13H2,1-5H3. The summed E-state index contributed by atoms with van der Waals surface area (Å²) in [6.45, 7) is 9.49. The highest BCUT2D eigenvalue weighted by Gasteiger charge is 2.32. The Hall–Kier alpha value is -0.170. The van der Waals surface area contributed by atoms with Crippen LogP contribution in [0.1, 0.15) is 46.5 Å². The smallest absolute Gasteiger partial charge is 0.281 e. The van der Waals surface area contributed by atoms with E-state index < -0.39 is 10.2 Å². The monoisotopic (exact) mass is 319 g/mol. The lowest BCUT2D eigenvalue weighted by atomic mass is 9.77. The Balaban J connectivity index is 2.63. The van der Waals surface area contributed by atoms with Crippen molar-refractivity contribution < 1.29 is 8.42 Å². The van der Waals surface area contributed by atoms with E-state index in [4.69, 9.17) is 0 Å². The summed E-state index contributed by atoms with van der Waals surface area (Å²) in [7, 11) is 0.281. The molecule has 0 amide bonds. The second kappa shape index (κ2) is 7.90. The van der Waals surface area contributed by atoms with Crippen LogP contribution < -0.4 is 5.32 Å². The minimum Gasteiger partial charge on any atom is -0.320 e. The molecule has 1 heterocycles. The summed E-state index contributed by atoms with van der Waals surface area (Å²) < 4.78 is 28.4. The van der Waals surface area contributed by atoms with E-state index in [2.05, 4.69) is 26.1 Å². The van der Waals surface area contributed by atoms with Gasteiger partial charge in [-0.25, -0.2) is 0 Å². The van der Waals surface area contributed by atoms with Crippen molar-refractivity contribution in [2.75, 3.05) is 40.3 Å². The van der Waals surface area contributed by atoms with E-state index in [1.807, 2.05) is 7.05 Å². The number of nitrogens with zero attached hydrogens (tertiary/aromatic N) is 2. The molecule has 6 heteroatoms. The largest absolute Gasteiger partial charge is 0.320 e. The van der Waals surface area contributed by atoms with E-state index in [1.165, 1.54) is 4.31 Å². The molecule has 1 atom stereocenters. The molecule has 0 saturated carbocycles. The van der Waals surface area contributed by atoms with E-state index >= 15 is 0 Å². The van der Waals surface area contributed by atoms with Crippen molar-refractivity contribution >= 4 is 10.2 Å². The molecule has 0 aromatic heterocycles. The quantitative estimate of drug-likeness (QED) is 0.761. The third-order valence-electron chi connectivity index (χ3n) is 4.53. The van der Waals surface area contributed by atoms with Gasteiger partial charge in [-0.05, 0) is 50.6 Å². The van der Waals surface area contributed by atoms with Crippen molar-refractivity contribution in [3.05, 3.63) is 0 Å². The van der Waals surface area contributed by atoms with Gasteiger partial charge in [0.05, 0.1) is 0 Å². The number of hydrogen-bond acceptors (Lipinski definition) is 3. The fourth-order valence-corrected chi connectivity index (χ4v) is 4.41. The highest BCUT2D eigenvalue weighted by atomic mass is 32.2. The van der Waals surface area contributed by atoms with E-state index in [0.717, 1.165) is 32.2 Å². The van der Waals surface area contributed by atoms with Gasteiger partial charge in [0.25, 0.3) is 10.2 Å². The first-order chi connectivity index (χ1) is 9.69. The second-order valence-electron chi connectivity index (χ2n) is 7.18. The van der Waals surface area contributed by atoms with Crippen LogP contribution in [0.4, 0.5) is 0 Å². The highest BCUT2D eigenvalue weighted by molar-refractivity contribution is 7.86. The maximum atomic E-state index is 12.6. The van der Waals surface area contributed by atoms with Crippen LogP contribution in [0.2, 0.25) is 0 Å². The van der Waals surface area contributed by atoms with Gasteiger partial charge >= 0.3 is 0 Å². The molecule has 0 aromatic rings. The first-order valence-corrected chi connectivity index (χ1v) is 9.45. The molecule has 0 bridgehead atoms. The Bertz CT molecular complexity index is 404. The van der Waals surface area contributed by atoms with Crippen molar-refractivity contribution in [1.82, 2.24) is 13.9 Å². The Labute approximate surface area is 131 Å². The van der Waals surface area contributed by atoms with Crippen LogP contribution in [0.3, 0.4) is 0 Å². The van der Waals surface area contributed by atoms with E-state index in [0.29, 0.717) is 25.6 Å². The van der Waals surface area contributed by atoms with Crippen LogP contribution >= 0.6 is 0 Å². The third kappa shape index (κ3) is 5.51. The first kappa shape index (κ1) is 18.9. The Morgan fingerprint density at radius 3 is 2.48 bits per heavy atom. The molecule has 21 heavy (non-hydrogen) atoms. The van der Waals surface area contributed by atoms with Crippen LogP contribution in [0.15, 0.2) is 0 Å². The molecule has 1 rings (SSSR count). The van der Waals surface area contributed by atoms with Crippen molar-refractivity contribution in [2.45, 2.75) is 46.5 Å². The van der Waals surface area contributed by atoms with Crippen molar-refractivity contribution in [2.24, 2.45) is 11.3 Å². The average molecular weight is 320 g/mol. The minimum atomic E-state index is -3.30. The molecule has 0 spiro atoms. The summed E-state index contributed by atoms with van der Waals surface area (Å²) >= 11 is 0. The summed E-state index contributed by atoms with van der Waals surface area (Å²) in [5.74, 6) is 0.604. The maximum Gasteiger partial charge on any atom is 0.281 e. The third-order valence-corrected chi connectivity index (χ3v) is 6.52. The second-order valence-corrected chi connectivity index (χ2v) is 9.21. The predicted molar refractivity (Wildman–Crippen MR) is 88.5 cm³/mol. The van der Waals surface area contributed by atoms with Crippen LogP contribution in [0.25, 0.3) is 0 Å². The van der Waals surface area contributed by atoms with Crippen LogP contribution in [0.5, 0.6) is 0 Å². The predicted octanol–water partition coefficient (Wildman–Crippen LogP) is 1.92. The van der Waals surface area contributed by atoms with E-state index in [9.17, 15) is 8.42 Å². The number of nitrogens with one attached hydrogen (secondary N) is 1. The Morgan fingerprint density at radius 2 is 1.90 bits per heavy atom. The fraction of sp³-hybridized carbons (Fsp3) is 1.00. The summed E-state index contributed by atoms with van der Waals surface area (Å²) in [5.41, 5.74) is 0.262. The van der Waals surface area contributed by atoms with E-state index in [1.54, 1.807) is 11.4 Å². The molecular formula is C15H33N3O2S. The molecule has 1 aliphatic heterocycles. The summed E-state index contributed by atoms with van der Waals surface area (Å²) in [5, 5.41) is 3.05. The molecule has 1 N–H and O–H groups in total. The summed E-state index contributed by atoms with van der Waals surface area (Å²) in [6.07, 6.45) is 3.89. The first-order valence-electron chi connectivity index (χ1n) is 8.05. The van der Waals surface area contributed by atoms with Gasteiger partial charge in [0.15, 0.2) is 0 Å². The zero-order valence-electron chi connectivity index (χ0n) is 14.4. The van der Waals surface area contributed by atoms with Crippen molar-refractivity contribution in [1.29, 1.82) is 0 Å². The number of rotatable bonds is 6. The van der Waals surface area contributed by atoms with Gasteiger partial charge in [0.2, 0.25) is 0 Å². The highest BCUT2D eigenvalue weighted by Crippen LogP contribution is 2.34. The molecule has 1 aliphatic rings. The molecule has 5 nitrogen and oxygen atoms in total. The SMILES string of the molecule is CNCCCN(C)S(=O)(=O)N1CCCC(C(C)(C)C)CC1. The zero-order chi connectivity index (χ0) is 16.1. The van der Waals surface area contributed by atoms with Crippen molar-refractivity contribution in [3.63, 3.8) is 0 Å². The molecule has 1 saturated heterocycles. The molecule has 126 valence electrons. The lowest BCUT2D eigenvalue weighted by Gasteiger charge is -2.30. The van der Waals surface area contributed by atoms with Crippen LogP contribution in [-0.2, 0) is 10.2 Å². The normalized spacial score (nSPS) is 22.5. The molecule has 0 radical (unpaired) electrons. The van der Waals surface area contributed by atoms with E-state index in [-0.39, 0.29) is 5.41 Å². The van der Waals surface area contributed by atoms with Gasteiger partial charge < -0.3 is 5.32 Å². The van der Waals surface area contributed by atoms with Gasteiger partial charge in [-0.15, -0.1) is 0 Å². The van der Waals surface area contributed by atoms with Gasteiger partial charge in [-0.2, -0.15) is 17.0 Å². The lowest BCUT2D eigenvalue weighted by molar-refractivity contribution is 0.216. The van der Waals surface area contributed by atoms with Crippen molar-refractivity contribution in [3.8, 4) is 0 Å². The Morgan fingerprint density at radius 1 is 1.24 bits per heavy atom. The summed E-state index contributed by atoms with van der Waals surface area (Å²) in [6, 6.07) is 0. The fourth-order valence-electron chi connectivity index (χ4n) is 2.96. The van der Waals surface area contributed by atoms with Crippen LogP contribution in [-0.4, -0.2) is 57.3 Å². The molecule has 1 fully saturated rings. The maximum absolute atomic E-state index is 12.6. The summed E-state index contributed by atoms with van der Waals surface area (Å²) in [4.78, 5) is 0. The lowest BCUT2D eigenvalue weighted by Crippen LogP contribution is -2.43. The van der Waals surface area contributed by atoms with Crippen LogP contribution in [0, 0.1) is 11.3 Å². The van der Waals surface area contributed by atoms with Gasteiger partial charge in [-0.3, -0.25) is 0 Å². The minimum absolute atomic E-state index is 0.262. The molecule has 1 unspecified atom stereocenters. The topological polar surface area (TPSA) is 52.7 Å². The zero-order valence-corrected chi connectivity index (χ0v) is 15.2. The van der Waals surface area contributed by atoms with Gasteiger partial charge in [-0.1, -0.05) is 20.8 Å². The molecule has 0 aromatic carbocycles.